The fourth-order valence-electron chi connectivity index (χ4n) is 1.37. The monoisotopic (exact) mass is 255 g/mol. The molecule has 0 saturated carbocycles. The first-order valence-corrected chi connectivity index (χ1v) is 6.63. The molecule has 1 aromatic carbocycles. The minimum Gasteiger partial charge on any atom is -0.368 e. The van der Waals surface area contributed by atoms with E-state index in [0.717, 1.165) is 5.56 Å². The van der Waals surface area contributed by atoms with Crippen molar-refractivity contribution in [2.24, 2.45) is 0 Å². The lowest BCUT2D eigenvalue weighted by Gasteiger charge is -2.19. The van der Waals surface area contributed by atoms with Gasteiger partial charge in [-0.3, -0.25) is 0 Å². The maximum Gasteiger partial charge on any atom is 0.245 e. The van der Waals surface area contributed by atoms with Crippen molar-refractivity contribution in [3.8, 4) is 0 Å². The van der Waals surface area contributed by atoms with Crippen LogP contribution >= 0.6 is 0 Å². The van der Waals surface area contributed by atoms with Crippen LogP contribution in [0.1, 0.15) is 5.56 Å². The van der Waals surface area contributed by atoms with Gasteiger partial charge in [-0.2, -0.15) is 4.31 Å². The van der Waals surface area contributed by atoms with Gasteiger partial charge in [-0.05, 0) is 19.1 Å². The summed E-state index contributed by atoms with van der Waals surface area (Å²) in [6.45, 7) is 5.69. The Labute approximate surface area is 103 Å². The third-order valence-corrected chi connectivity index (χ3v) is 4.07. The van der Waals surface area contributed by atoms with Crippen LogP contribution in [0.2, 0.25) is 0 Å². The molecule has 5 heteroatoms. The Bertz CT molecular complexity index is 465. The summed E-state index contributed by atoms with van der Waals surface area (Å²) in [7, 11) is -2.05. The minimum absolute atomic E-state index is 0.0161. The lowest BCUT2D eigenvalue weighted by molar-refractivity contribution is 0.123. The van der Waals surface area contributed by atoms with E-state index in [2.05, 4.69) is 6.58 Å². The van der Waals surface area contributed by atoms with E-state index >= 15 is 0 Å². The molecule has 1 aromatic rings. The molecular weight excluding hydrogens is 238 g/mol. The van der Waals surface area contributed by atoms with E-state index in [0.29, 0.717) is 0 Å². The van der Waals surface area contributed by atoms with Crippen molar-refractivity contribution in [3.05, 3.63) is 42.5 Å². The second-order valence-corrected chi connectivity index (χ2v) is 5.60. The zero-order valence-corrected chi connectivity index (χ0v) is 10.9. The van der Waals surface area contributed by atoms with Gasteiger partial charge in [0.2, 0.25) is 10.0 Å². The molecule has 17 heavy (non-hydrogen) atoms. The summed E-state index contributed by atoms with van der Waals surface area (Å²) in [6, 6.07) is 6.73. The third kappa shape index (κ3) is 3.39. The Morgan fingerprint density at radius 2 is 1.94 bits per heavy atom. The lowest BCUT2D eigenvalue weighted by atomic mass is 10.2. The van der Waals surface area contributed by atoms with Gasteiger partial charge in [-0.25, -0.2) is 8.42 Å². The zero-order chi connectivity index (χ0) is 12.9. The smallest absolute Gasteiger partial charge is 0.245 e. The van der Waals surface area contributed by atoms with Crippen molar-refractivity contribution in [3.63, 3.8) is 0 Å². The first-order valence-electron chi connectivity index (χ1n) is 5.19. The molecule has 0 heterocycles. The second-order valence-electron chi connectivity index (χ2n) is 3.66. The average molecular weight is 255 g/mol. The number of rotatable bonds is 6. The number of hydrogen-bond donors (Lipinski definition) is 0. The molecule has 0 unspecified atom stereocenters. The van der Waals surface area contributed by atoms with E-state index in [1.54, 1.807) is 24.3 Å². The van der Waals surface area contributed by atoms with Crippen LogP contribution in [-0.2, 0) is 14.8 Å². The number of sulfonamides is 1. The highest BCUT2D eigenvalue weighted by atomic mass is 32.2. The van der Waals surface area contributed by atoms with E-state index in [1.807, 2.05) is 6.92 Å². The first-order chi connectivity index (χ1) is 8.02. The van der Waals surface area contributed by atoms with Crippen molar-refractivity contribution in [2.45, 2.75) is 11.8 Å². The van der Waals surface area contributed by atoms with Crippen LogP contribution in [-0.4, -0.2) is 33.1 Å². The van der Waals surface area contributed by atoms with Gasteiger partial charge in [0.05, 0.1) is 4.90 Å². The highest BCUT2D eigenvalue weighted by Crippen LogP contribution is 2.16. The Kier molecular flexibility index (Phi) is 4.86. The third-order valence-electron chi connectivity index (χ3n) is 2.26. The van der Waals surface area contributed by atoms with Crippen molar-refractivity contribution in [2.75, 3.05) is 20.4 Å². The number of benzene rings is 1. The Morgan fingerprint density at radius 1 is 1.35 bits per heavy atom. The fraction of sp³-hybridized carbons (Fsp3) is 0.333. The highest BCUT2D eigenvalue weighted by molar-refractivity contribution is 7.89. The maximum absolute atomic E-state index is 12.2. The number of ether oxygens (including phenoxy) is 1. The van der Waals surface area contributed by atoms with Crippen molar-refractivity contribution in [1.82, 2.24) is 4.31 Å². The van der Waals surface area contributed by atoms with Crippen LogP contribution in [0.3, 0.4) is 0 Å². The van der Waals surface area contributed by atoms with E-state index < -0.39 is 10.0 Å². The number of aryl methyl sites for hydroxylation is 1. The summed E-state index contributed by atoms with van der Waals surface area (Å²) in [5.74, 6) is 0. The minimum atomic E-state index is -3.51. The summed E-state index contributed by atoms with van der Waals surface area (Å²) in [6.07, 6.45) is 1.53. The molecule has 0 fully saturated rings. The van der Waals surface area contributed by atoms with E-state index in [4.69, 9.17) is 4.74 Å². The highest BCUT2D eigenvalue weighted by Gasteiger charge is 2.22. The van der Waals surface area contributed by atoms with Gasteiger partial charge >= 0.3 is 0 Å². The van der Waals surface area contributed by atoms with Crippen molar-refractivity contribution >= 4 is 10.0 Å². The Balaban J connectivity index is 3.06. The van der Waals surface area contributed by atoms with Gasteiger partial charge in [0, 0.05) is 13.7 Å². The lowest BCUT2D eigenvalue weighted by Crippen LogP contribution is -2.32. The largest absolute Gasteiger partial charge is 0.368 e. The van der Waals surface area contributed by atoms with Crippen LogP contribution in [0.4, 0.5) is 0 Å². The molecule has 0 N–H and O–H groups in total. The van der Waals surface area contributed by atoms with E-state index in [1.165, 1.54) is 17.5 Å². The van der Waals surface area contributed by atoms with Crippen LogP contribution in [0.15, 0.2) is 41.8 Å². The van der Waals surface area contributed by atoms with Crippen LogP contribution in [0, 0.1) is 6.92 Å². The first kappa shape index (κ1) is 13.9. The standard InChI is InChI=1S/C12H17NO3S/c1-4-9-13(10-16-3)17(14,15)12-7-5-11(2)6-8-12/h4-8H,1,9-10H2,2-3H3. The SMILES string of the molecule is C=CCN(COC)S(=O)(=O)c1ccc(C)cc1. The molecule has 0 atom stereocenters. The topological polar surface area (TPSA) is 46.6 Å². The summed E-state index contributed by atoms with van der Waals surface area (Å²) in [5.41, 5.74) is 1.02. The molecule has 0 aromatic heterocycles. The van der Waals surface area contributed by atoms with Gasteiger partial charge in [0.15, 0.2) is 0 Å². The van der Waals surface area contributed by atoms with Crippen LogP contribution in [0.5, 0.6) is 0 Å². The summed E-state index contributed by atoms with van der Waals surface area (Å²) in [5, 5.41) is 0. The molecule has 0 amide bonds. The predicted molar refractivity (Wildman–Crippen MR) is 67.1 cm³/mol. The Hall–Kier alpha value is -1.17. The van der Waals surface area contributed by atoms with Crippen LogP contribution < -0.4 is 0 Å². The van der Waals surface area contributed by atoms with Gasteiger partial charge < -0.3 is 4.74 Å². The van der Waals surface area contributed by atoms with Gasteiger partial charge in [-0.1, -0.05) is 23.8 Å². The number of methoxy groups -OCH3 is 1. The molecule has 0 bridgehead atoms. The molecule has 0 radical (unpaired) electrons. The van der Waals surface area contributed by atoms with Gasteiger partial charge in [0.25, 0.3) is 0 Å². The molecule has 1 rings (SSSR count). The number of hydrogen-bond acceptors (Lipinski definition) is 3. The molecule has 0 saturated heterocycles. The number of nitrogens with zero attached hydrogens (tertiary/aromatic N) is 1. The zero-order valence-electron chi connectivity index (χ0n) is 10.1. The van der Waals surface area contributed by atoms with Gasteiger partial charge in [0.1, 0.15) is 6.73 Å². The molecule has 0 aliphatic carbocycles. The van der Waals surface area contributed by atoms with Crippen molar-refractivity contribution in [1.29, 1.82) is 0 Å². The normalized spacial score (nSPS) is 11.7. The van der Waals surface area contributed by atoms with E-state index in [-0.39, 0.29) is 18.2 Å². The van der Waals surface area contributed by atoms with E-state index in [9.17, 15) is 8.42 Å². The Morgan fingerprint density at radius 3 is 2.41 bits per heavy atom. The molecular formula is C12H17NO3S. The fourth-order valence-corrected chi connectivity index (χ4v) is 2.69. The second kappa shape index (κ2) is 5.95. The van der Waals surface area contributed by atoms with Crippen molar-refractivity contribution < 1.29 is 13.2 Å². The average Bonchev–Trinajstić information content (AvgIpc) is 2.29. The maximum atomic E-state index is 12.2. The van der Waals surface area contributed by atoms with Gasteiger partial charge in [-0.15, -0.1) is 6.58 Å². The predicted octanol–water partition coefficient (Wildman–Crippen LogP) is 1.78. The molecule has 0 aliphatic heterocycles. The molecule has 4 nitrogen and oxygen atoms in total. The summed E-state index contributed by atoms with van der Waals surface area (Å²) in [4.78, 5) is 0.266. The quantitative estimate of drug-likeness (QED) is 0.575. The molecule has 0 aliphatic rings. The summed E-state index contributed by atoms with van der Waals surface area (Å²) < 4.78 is 30.6. The summed E-state index contributed by atoms with van der Waals surface area (Å²) >= 11 is 0. The molecule has 94 valence electrons. The van der Waals surface area contributed by atoms with Crippen LogP contribution in [0.25, 0.3) is 0 Å². The molecule has 0 spiro atoms.